The Hall–Kier alpha value is -1.89. The van der Waals surface area contributed by atoms with Gasteiger partial charge in [0.25, 0.3) is 0 Å². The average molecular weight is 260 g/mol. The van der Waals surface area contributed by atoms with Gasteiger partial charge in [0.1, 0.15) is 5.65 Å². The molecule has 6 nitrogen and oxygen atoms in total. The molecule has 0 aliphatic carbocycles. The third-order valence-corrected chi connectivity index (χ3v) is 3.62. The minimum atomic E-state index is 0.759. The van der Waals surface area contributed by atoms with Crippen molar-refractivity contribution in [2.75, 3.05) is 0 Å². The Labute approximate surface area is 108 Å². The van der Waals surface area contributed by atoms with E-state index in [2.05, 4.69) is 39.7 Å². The number of hydrogen-bond donors (Lipinski definition) is 0. The Morgan fingerprint density at radius 3 is 2.94 bits per heavy atom. The molecule has 0 atom stereocenters. The Morgan fingerprint density at radius 2 is 2.17 bits per heavy atom. The molecule has 3 heterocycles. The van der Waals surface area contributed by atoms with Crippen LogP contribution < -0.4 is 0 Å². The second-order valence-electron chi connectivity index (χ2n) is 4.08. The second kappa shape index (κ2) is 4.41. The molecule has 0 radical (unpaired) electrons. The van der Waals surface area contributed by atoms with Crippen LogP contribution in [0.5, 0.6) is 0 Å². The second-order valence-corrected chi connectivity index (χ2v) is 5.02. The summed E-state index contributed by atoms with van der Waals surface area (Å²) in [6.07, 6.45) is 4.11. The van der Waals surface area contributed by atoms with Crippen LogP contribution in [0.4, 0.5) is 0 Å². The van der Waals surface area contributed by atoms with E-state index in [4.69, 9.17) is 0 Å². The Morgan fingerprint density at radius 1 is 1.28 bits per heavy atom. The molecule has 0 unspecified atom stereocenters. The standard InChI is InChI=1S/C11H12N6S/c1-8-3-4-10-12-9(6-17(10)5-8)7-18-11-13-14-15-16(11)2/h3-6H,7H2,1-2H3. The van der Waals surface area contributed by atoms with Crippen molar-refractivity contribution in [3.63, 3.8) is 0 Å². The smallest absolute Gasteiger partial charge is 0.209 e. The van der Waals surface area contributed by atoms with E-state index < -0.39 is 0 Å². The topological polar surface area (TPSA) is 60.9 Å². The minimum absolute atomic E-state index is 0.759. The fraction of sp³-hybridized carbons (Fsp3) is 0.273. The first-order valence-corrected chi connectivity index (χ1v) is 6.50. The molecule has 7 heteroatoms. The number of nitrogens with zero attached hydrogens (tertiary/aromatic N) is 6. The van der Waals surface area contributed by atoms with E-state index in [-0.39, 0.29) is 0 Å². The Bertz CT molecular complexity index is 686. The molecular formula is C11H12N6S. The number of aromatic nitrogens is 6. The molecule has 92 valence electrons. The van der Waals surface area contributed by atoms with Gasteiger partial charge >= 0.3 is 0 Å². The molecule has 0 saturated heterocycles. The maximum atomic E-state index is 4.55. The summed E-state index contributed by atoms with van der Waals surface area (Å²) in [6.45, 7) is 2.07. The number of thioether (sulfide) groups is 1. The van der Waals surface area contributed by atoms with Crippen molar-refractivity contribution in [2.45, 2.75) is 17.8 Å². The molecule has 0 fully saturated rings. The highest BCUT2D eigenvalue weighted by Gasteiger charge is 2.06. The molecule has 3 rings (SSSR count). The molecule has 3 aromatic heterocycles. The molecule has 0 N–H and O–H groups in total. The Kier molecular flexibility index (Phi) is 2.75. The third kappa shape index (κ3) is 2.08. The maximum Gasteiger partial charge on any atom is 0.209 e. The first-order chi connectivity index (χ1) is 8.72. The number of fused-ring (bicyclic) bond motifs is 1. The molecule has 0 amide bonds. The summed E-state index contributed by atoms with van der Waals surface area (Å²) >= 11 is 1.58. The van der Waals surface area contributed by atoms with Crippen LogP contribution in [0.25, 0.3) is 5.65 Å². The third-order valence-electron chi connectivity index (χ3n) is 2.58. The van der Waals surface area contributed by atoms with Crippen molar-refractivity contribution in [1.29, 1.82) is 0 Å². The number of tetrazole rings is 1. The lowest BCUT2D eigenvalue weighted by Crippen LogP contribution is -1.93. The monoisotopic (exact) mass is 260 g/mol. The van der Waals surface area contributed by atoms with E-state index in [1.165, 1.54) is 5.56 Å². The van der Waals surface area contributed by atoms with Crippen molar-refractivity contribution in [3.8, 4) is 0 Å². The van der Waals surface area contributed by atoms with Crippen molar-refractivity contribution in [1.82, 2.24) is 29.6 Å². The summed E-state index contributed by atoms with van der Waals surface area (Å²) in [5, 5.41) is 12.1. The number of imidazole rings is 1. The molecule has 0 saturated carbocycles. The summed E-state index contributed by atoms with van der Waals surface area (Å²) in [5.74, 6) is 0.759. The normalized spacial score (nSPS) is 11.2. The predicted molar refractivity (Wildman–Crippen MR) is 68.3 cm³/mol. The first kappa shape index (κ1) is 11.2. The van der Waals surface area contributed by atoms with Gasteiger partial charge in [-0.05, 0) is 29.0 Å². The average Bonchev–Trinajstić information content (AvgIpc) is 2.92. The van der Waals surface area contributed by atoms with E-state index >= 15 is 0 Å². The summed E-state index contributed by atoms with van der Waals surface area (Å²) in [7, 11) is 1.83. The van der Waals surface area contributed by atoms with Gasteiger partial charge in [-0.1, -0.05) is 17.8 Å². The molecule has 0 aliphatic heterocycles. The van der Waals surface area contributed by atoms with Crippen LogP contribution in [0.1, 0.15) is 11.3 Å². The zero-order valence-electron chi connectivity index (χ0n) is 10.1. The number of aryl methyl sites for hydroxylation is 2. The van der Waals surface area contributed by atoms with E-state index in [1.807, 2.05) is 23.7 Å². The van der Waals surface area contributed by atoms with E-state index in [9.17, 15) is 0 Å². The number of rotatable bonds is 3. The fourth-order valence-corrected chi connectivity index (χ4v) is 2.44. The largest absolute Gasteiger partial charge is 0.307 e. The van der Waals surface area contributed by atoms with Gasteiger partial charge in [-0.25, -0.2) is 9.67 Å². The van der Waals surface area contributed by atoms with Crippen molar-refractivity contribution < 1.29 is 0 Å². The van der Waals surface area contributed by atoms with Gasteiger partial charge in [-0.2, -0.15) is 0 Å². The molecule has 3 aromatic rings. The highest BCUT2D eigenvalue weighted by molar-refractivity contribution is 7.98. The van der Waals surface area contributed by atoms with E-state index in [1.54, 1.807) is 16.4 Å². The van der Waals surface area contributed by atoms with Gasteiger partial charge in [0.15, 0.2) is 0 Å². The lowest BCUT2D eigenvalue weighted by atomic mass is 10.3. The highest BCUT2D eigenvalue weighted by atomic mass is 32.2. The minimum Gasteiger partial charge on any atom is -0.307 e. The van der Waals surface area contributed by atoms with Crippen molar-refractivity contribution in [2.24, 2.45) is 7.05 Å². The quantitative estimate of drug-likeness (QED) is 0.667. The van der Waals surface area contributed by atoms with Crippen molar-refractivity contribution in [3.05, 3.63) is 35.8 Å². The molecular weight excluding hydrogens is 248 g/mol. The van der Waals surface area contributed by atoms with Gasteiger partial charge in [0.2, 0.25) is 5.16 Å². The molecule has 0 aliphatic rings. The maximum absolute atomic E-state index is 4.55. The zero-order valence-corrected chi connectivity index (χ0v) is 10.9. The highest BCUT2D eigenvalue weighted by Crippen LogP contribution is 2.19. The van der Waals surface area contributed by atoms with Gasteiger partial charge < -0.3 is 4.40 Å². The number of pyridine rings is 1. The van der Waals surface area contributed by atoms with Gasteiger partial charge in [0.05, 0.1) is 5.69 Å². The van der Waals surface area contributed by atoms with Crippen LogP contribution in [0, 0.1) is 6.92 Å². The Balaban J connectivity index is 1.81. The SMILES string of the molecule is Cc1ccc2nc(CSc3nnnn3C)cn2c1. The summed E-state index contributed by atoms with van der Waals surface area (Å²) < 4.78 is 3.70. The van der Waals surface area contributed by atoms with Crippen LogP contribution in [0.15, 0.2) is 29.7 Å². The van der Waals surface area contributed by atoms with Crippen LogP contribution in [-0.2, 0) is 12.8 Å². The lowest BCUT2D eigenvalue weighted by Gasteiger charge is -1.95. The zero-order chi connectivity index (χ0) is 12.5. The van der Waals surface area contributed by atoms with Gasteiger partial charge in [-0.15, -0.1) is 5.10 Å². The predicted octanol–water partition coefficient (Wildman–Crippen LogP) is 1.46. The molecule has 18 heavy (non-hydrogen) atoms. The van der Waals surface area contributed by atoms with Crippen LogP contribution in [0.3, 0.4) is 0 Å². The fourth-order valence-electron chi connectivity index (χ4n) is 1.71. The van der Waals surface area contributed by atoms with Crippen LogP contribution in [-0.4, -0.2) is 29.6 Å². The summed E-state index contributed by atoms with van der Waals surface area (Å²) in [6, 6.07) is 4.08. The van der Waals surface area contributed by atoms with E-state index in [0.717, 1.165) is 22.3 Å². The molecule has 0 bridgehead atoms. The van der Waals surface area contributed by atoms with Crippen molar-refractivity contribution >= 4 is 17.4 Å². The first-order valence-electron chi connectivity index (χ1n) is 5.52. The molecule has 0 aromatic carbocycles. The number of hydrogen-bond acceptors (Lipinski definition) is 5. The summed E-state index contributed by atoms with van der Waals surface area (Å²) in [4.78, 5) is 4.55. The van der Waals surface area contributed by atoms with Crippen LogP contribution >= 0.6 is 11.8 Å². The van der Waals surface area contributed by atoms with Gasteiger partial charge in [-0.3, -0.25) is 0 Å². The lowest BCUT2D eigenvalue weighted by molar-refractivity contribution is 0.664. The van der Waals surface area contributed by atoms with E-state index in [0.29, 0.717) is 0 Å². The van der Waals surface area contributed by atoms with Gasteiger partial charge in [0, 0.05) is 25.2 Å². The van der Waals surface area contributed by atoms with Crippen LogP contribution in [0.2, 0.25) is 0 Å². The molecule has 0 spiro atoms. The summed E-state index contributed by atoms with van der Waals surface area (Å²) in [5.41, 5.74) is 3.21.